The molecule has 0 unspecified atom stereocenters. The minimum absolute atomic E-state index is 0.0787. The number of aromatic carboxylic acids is 1. The van der Waals surface area contributed by atoms with Gasteiger partial charge in [-0.3, -0.25) is 4.79 Å². The lowest BCUT2D eigenvalue weighted by Crippen LogP contribution is -2.11. The zero-order valence-electron chi connectivity index (χ0n) is 10.5. The van der Waals surface area contributed by atoms with Crippen molar-refractivity contribution < 1.29 is 19.1 Å². The SMILES string of the molecule is O=C(/C=C/c1ccc(Br)o1)Nc1ccc(Cl)cc1C(=O)O. The normalized spacial score (nSPS) is 10.8. The van der Waals surface area contributed by atoms with Gasteiger partial charge in [0.25, 0.3) is 0 Å². The average Bonchev–Trinajstić information content (AvgIpc) is 2.84. The molecule has 2 aromatic rings. The number of rotatable bonds is 4. The lowest BCUT2D eigenvalue weighted by molar-refractivity contribution is -0.111. The summed E-state index contributed by atoms with van der Waals surface area (Å²) in [5.74, 6) is -1.16. The smallest absolute Gasteiger partial charge is 0.337 e. The predicted molar refractivity (Wildman–Crippen MR) is 82.5 cm³/mol. The zero-order chi connectivity index (χ0) is 15.4. The Morgan fingerprint density at radius 1 is 1.29 bits per heavy atom. The summed E-state index contributed by atoms with van der Waals surface area (Å²) >= 11 is 8.88. The third-order valence-electron chi connectivity index (χ3n) is 2.46. The van der Waals surface area contributed by atoms with Gasteiger partial charge < -0.3 is 14.8 Å². The molecule has 1 aromatic carbocycles. The third-order valence-corrected chi connectivity index (χ3v) is 3.12. The number of carboxylic acids is 1. The number of amides is 1. The molecule has 0 atom stereocenters. The van der Waals surface area contributed by atoms with Gasteiger partial charge in [0, 0.05) is 11.1 Å². The van der Waals surface area contributed by atoms with Gasteiger partial charge in [-0.05, 0) is 52.3 Å². The quantitative estimate of drug-likeness (QED) is 0.796. The molecule has 0 radical (unpaired) electrons. The molecule has 1 aromatic heterocycles. The number of benzene rings is 1. The van der Waals surface area contributed by atoms with Crippen molar-refractivity contribution in [1.29, 1.82) is 0 Å². The lowest BCUT2D eigenvalue weighted by Gasteiger charge is -2.06. The number of halogens is 2. The molecule has 1 heterocycles. The number of nitrogens with one attached hydrogen (secondary N) is 1. The Labute approximate surface area is 133 Å². The van der Waals surface area contributed by atoms with Crippen molar-refractivity contribution in [3.8, 4) is 0 Å². The molecule has 0 saturated heterocycles. The molecule has 0 bridgehead atoms. The number of carboxylic acid groups (broad SMARTS) is 1. The van der Waals surface area contributed by atoms with Crippen LogP contribution in [0, 0.1) is 0 Å². The Morgan fingerprint density at radius 2 is 2.05 bits per heavy atom. The Kier molecular flexibility index (Phi) is 4.82. The number of furan rings is 1. The van der Waals surface area contributed by atoms with E-state index in [9.17, 15) is 9.59 Å². The van der Waals surface area contributed by atoms with E-state index in [1.165, 1.54) is 30.4 Å². The van der Waals surface area contributed by atoms with Crippen molar-refractivity contribution in [2.45, 2.75) is 0 Å². The number of hydrogen-bond donors (Lipinski definition) is 2. The van der Waals surface area contributed by atoms with Gasteiger partial charge in [-0.25, -0.2) is 4.79 Å². The van der Waals surface area contributed by atoms with E-state index in [1.54, 1.807) is 12.1 Å². The molecule has 0 saturated carbocycles. The second-order valence-electron chi connectivity index (χ2n) is 3.96. The maximum Gasteiger partial charge on any atom is 0.337 e. The van der Waals surface area contributed by atoms with Crippen molar-refractivity contribution in [1.82, 2.24) is 0 Å². The zero-order valence-corrected chi connectivity index (χ0v) is 12.8. The summed E-state index contributed by atoms with van der Waals surface area (Å²) in [6, 6.07) is 7.57. The van der Waals surface area contributed by atoms with Crippen molar-refractivity contribution >= 4 is 51.2 Å². The predicted octanol–water partition coefficient (Wildman–Crippen LogP) is 4.05. The Hall–Kier alpha value is -2.05. The second kappa shape index (κ2) is 6.60. The van der Waals surface area contributed by atoms with Crippen molar-refractivity contribution in [2.75, 3.05) is 5.32 Å². The summed E-state index contributed by atoms with van der Waals surface area (Å²) in [4.78, 5) is 22.9. The van der Waals surface area contributed by atoms with Gasteiger partial charge in [0.05, 0.1) is 11.3 Å². The average molecular weight is 371 g/mol. The second-order valence-corrected chi connectivity index (χ2v) is 5.18. The van der Waals surface area contributed by atoms with Gasteiger partial charge in [0.1, 0.15) is 5.76 Å². The molecule has 0 aliphatic carbocycles. The van der Waals surface area contributed by atoms with Gasteiger partial charge in [-0.2, -0.15) is 0 Å². The molecule has 21 heavy (non-hydrogen) atoms. The monoisotopic (exact) mass is 369 g/mol. The molecule has 108 valence electrons. The highest BCUT2D eigenvalue weighted by Crippen LogP contribution is 2.21. The van der Waals surface area contributed by atoms with Crippen LogP contribution in [0.15, 0.2) is 45.5 Å². The maximum absolute atomic E-state index is 11.8. The summed E-state index contributed by atoms with van der Waals surface area (Å²) in [6.07, 6.45) is 2.71. The van der Waals surface area contributed by atoms with Crippen molar-refractivity contribution in [3.05, 3.63) is 57.4 Å². The Balaban J connectivity index is 2.13. The Bertz CT molecular complexity index is 724. The summed E-state index contributed by atoms with van der Waals surface area (Å²) in [5.41, 5.74) is 0.0900. The highest BCUT2D eigenvalue weighted by molar-refractivity contribution is 9.10. The van der Waals surface area contributed by atoms with Crippen LogP contribution in [-0.4, -0.2) is 17.0 Å². The molecule has 7 heteroatoms. The number of hydrogen-bond acceptors (Lipinski definition) is 3. The van der Waals surface area contributed by atoms with Crippen LogP contribution in [-0.2, 0) is 4.79 Å². The molecule has 2 rings (SSSR count). The summed E-state index contributed by atoms with van der Waals surface area (Å²) in [6.45, 7) is 0. The first-order chi connectivity index (χ1) is 9.95. The van der Waals surface area contributed by atoms with E-state index in [-0.39, 0.29) is 16.3 Å². The molecule has 1 amide bonds. The van der Waals surface area contributed by atoms with E-state index in [0.717, 1.165) is 0 Å². The molecule has 0 fully saturated rings. The fraction of sp³-hybridized carbons (Fsp3) is 0. The van der Waals surface area contributed by atoms with E-state index in [4.69, 9.17) is 21.1 Å². The van der Waals surface area contributed by atoms with Crippen LogP contribution in [0.3, 0.4) is 0 Å². The van der Waals surface area contributed by atoms with Gasteiger partial charge in [0.2, 0.25) is 5.91 Å². The number of anilines is 1. The van der Waals surface area contributed by atoms with Gasteiger partial charge in [0.15, 0.2) is 4.67 Å². The summed E-state index contributed by atoms with van der Waals surface area (Å²) in [7, 11) is 0. The topological polar surface area (TPSA) is 79.5 Å². The standard InChI is InChI=1S/C14H9BrClNO4/c15-12-5-2-9(21-12)3-6-13(18)17-11-4-1-8(16)7-10(11)14(19)20/h1-7H,(H,17,18)(H,19,20)/b6-3+. The summed E-state index contributed by atoms with van der Waals surface area (Å²) < 4.78 is 5.75. The molecule has 0 aliphatic heterocycles. The van der Waals surface area contributed by atoms with Crippen LogP contribution in [0.2, 0.25) is 5.02 Å². The van der Waals surface area contributed by atoms with Crippen molar-refractivity contribution in [3.63, 3.8) is 0 Å². The van der Waals surface area contributed by atoms with Gasteiger partial charge in [-0.15, -0.1) is 0 Å². The van der Waals surface area contributed by atoms with Crippen LogP contribution in [0.1, 0.15) is 16.1 Å². The first-order valence-electron chi connectivity index (χ1n) is 5.73. The molecular formula is C14H9BrClNO4. The van der Waals surface area contributed by atoms with Crippen LogP contribution in [0.25, 0.3) is 6.08 Å². The fourth-order valence-electron chi connectivity index (χ4n) is 1.55. The van der Waals surface area contributed by atoms with Crippen LogP contribution < -0.4 is 5.32 Å². The minimum atomic E-state index is -1.17. The molecule has 0 aliphatic rings. The fourth-order valence-corrected chi connectivity index (χ4v) is 2.04. The minimum Gasteiger partial charge on any atom is -0.478 e. The van der Waals surface area contributed by atoms with Crippen LogP contribution in [0.5, 0.6) is 0 Å². The largest absolute Gasteiger partial charge is 0.478 e. The molecule has 5 nitrogen and oxygen atoms in total. The third kappa shape index (κ3) is 4.21. The van der Waals surface area contributed by atoms with Crippen molar-refractivity contribution in [2.24, 2.45) is 0 Å². The molecule has 2 N–H and O–H groups in total. The van der Waals surface area contributed by atoms with Gasteiger partial charge in [-0.1, -0.05) is 11.6 Å². The summed E-state index contributed by atoms with van der Waals surface area (Å²) in [5, 5.41) is 11.8. The maximum atomic E-state index is 11.8. The van der Waals surface area contributed by atoms with Crippen LogP contribution in [0.4, 0.5) is 5.69 Å². The molecular weight excluding hydrogens is 362 g/mol. The Morgan fingerprint density at radius 3 is 2.67 bits per heavy atom. The number of carbonyl (C=O) groups is 2. The van der Waals surface area contributed by atoms with E-state index < -0.39 is 11.9 Å². The van der Waals surface area contributed by atoms with Gasteiger partial charge >= 0.3 is 5.97 Å². The lowest BCUT2D eigenvalue weighted by atomic mass is 10.2. The first kappa shape index (κ1) is 15.3. The highest BCUT2D eigenvalue weighted by Gasteiger charge is 2.12. The first-order valence-corrected chi connectivity index (χ1v) is 6.90. The number of carbonyl (C=O) groups excluding carboxylic acids is 1. The highest BCUT2D eigenvalue weighted by atomic mass is 79.9. The molecule has 0 spiro atoms. The van der Waals surface area contributed by atoms with E-state index in [0.29, 0.717) is 10.4 Å². The van der Waals surface area contributed by atoms with E-state index >= 15 is 0 Å². The van der Waals surface area contributed by atoms with E-state index in [1.807, 2.05) is 0 Å². The van der Waals surface area contributed by atoms with E-state index in [2.05, 4.69) is 21.2 Å². The van der Waals surface area contributed by atoms with Crippen LogP contribution >= 0.6 is 27.5 Å².